The normalized spacial score (nSPS) is 16.6. The summed E-state index contributed by atoms with van der Waals surface area (Å²) in [5.41, 5.74) is 1.28. The van der Waals surface area contributed by atoms with E-state index in [1.165, 1.54) is 51.8 Å². The van der Waals surface area contributed by atoms with E-state index >= 15 is 4.39 Å². The van der Waals surface area contributed by atoms with Gasteiger partial charge in [-0.1, -0.05) is 12.1 Å². The summed E-state index contributed by atoms with van der Waals surface area (Å²) in [7, 11) is -2.21. The van der Waals surface area contributed by atoms with Crippen molar-refractivity contribution in [2.24, 2.45) is 7.05 Å². The lowest BCUT2D eigenvalue weighted by Gasteiger charge is -2.35. The molecule has 1 saturated heterocycles. The Kier molecular flexibility index (Phi) is 9.56. The number of hydrogen-bond acceptors (Lipinski definition) is 6. The maximum absolute atomic E-state index is 15.1. The maximum atomic E-state index is 15.1. The number of nitrogens with one attached hydrogen (secondary N) is 1. The highest BCUT2D eigenvalue weighted by atomic mass is 32.2. The van der Waals surface area contributed by atoms with Gasteiger partial charge in [0.2, 0.25) is 10.0 Å². The topological polar surface area (TPSA) is 97.2 Å². The largest absolute Gasteiger partial charge is 0.314 e. The first kappa shape index (κ1) is 31.5. The van der Waals surface area contributed by atoms with Gasteiger partial charge in [-0.15, -0.1) is 0 Å². The predicted molar refractivity (Wildman–Crippen MR) is 154 cm³/mol. The van der Waals surface area contributed by atoms with Crippen molar-refractivity contribution in [3.8, 4) is 0 Å². The number of ketones is 1. The monoisotopic (exact) mass is 629 g/mol. The Hall–Kier alpha value is -3.94. The molecule has 8 nitrogen and oxygen atoms in total. The first-order chi connectivity index (χ1) is 21.0. The lowest BCUT2D eigenvalue weighted by atomic mass is 9.85. The van der Waals surface area contributed by atoms with Crippen LogP contribution in [0.4, 0.5) is 17.6 Å². The van der Waals surface area contributed by atoms with Gasteiger partial charge in [-0.3, -0.25) is 14.5 Å². The predicted octanol–water partition coefficient (Wildman–Crippen LogP) is 4.30. The summed E-state index contributed by atoms with van der Waals surface area (Å²) in [5.74, 6) is -3.88. The highest BCUT2D eigenvalue weighted by Crippen LogP contribution is 2.31. The summed E-state index contributed by atoms with van der Waals surface area (Å²) in [6.45, 7) is 1.06. The Balaban J connectivity index is 1.35. The molecule has 0 bridgehead atoms. The Bertz CT molecular complexity index is 1730. The van der Waals surface area contributed by atoms with Crippen molar-refractivity contribution in [3.63, 3.8) is 0 Å². The number of aryl methyl sites for hydroxylation is 1. The number of aromatic nitrogens is 3. The average Bonchev–Trinajstić information content (AvgIpc) is 3.43. The van der Waals surface area contributed by atoms with E-state index in [9.17, 15) is 26.4 Å². The molecule has 1 aliphatic heterocycles. The first-order valence-corrected chi connectivity index (χ1v) is 15.5. The van der Waals surface area contributed by atoms with Gasteiger partial charge in [-0.05, 0) is 59.4 Å². The highest BCUT2D eigenvalue weighted by Gasteiger charge is 2.34. The van der Waals surface area contributed by atoms with Crippen LogP contribution in [0.15, 0.2) is 72.1 Å². The lowest BCUT2D eigenvalue weighted by Crippen LogP contribution is -2.53. The molecule has 232 valence electrons. The Morgan fingerprint density at radius 2 is 1.73 bits per heavy atom. The van der Waals surface area contributed by atoms with Gasteiger partial charge < -0.3 is 5.32 Å². The Morgan fingerprint density at radius 1 is 1.00 bits per heavy atom. The van der Waals surface area contributed by atoms with E-state index in [2.05, 4.69) is 15.4 Å². The van der Waals surface area contributed by atoms with Crippen LogP contribution in [0.25, 0.3) is 0 Å². The van der Waals surface area contributed by atoms with Crippen molar-refractivity contribution >= 4 is 15.8 Å². The fraction of sp³-hybridized carbons (Fsp3) is 0.323. The molecule has 0 aliphatic carbocycles. The third-order valence-electron chi connectivity index (χ3n) is 7.78. The van der Waals surface area contributed by atoms with E-state index in [1.807, 2.05) is 0 Å². The molecule has 0 spiro atoms. The number of hydrogen-bond donors (Lipinski definition) is 1. The van der Waals surface area contributed by atoms with Gasteiger partial charge in [0, 0.05) is 69.9 Å². The summed E-state index contributed by atoms with van der Waals surface area (Å²) < 4.78 is 86.5. The molecule has 0 saturated carbocycles. The molecule has 4 aromatic rings. The molecule has 1 aliphatic rings. The van der Waals surface area contributed by atoms with Gasteiger partial charge in [0.1, 0.15) is 33.9 Å². The number of halogens is 4. The van der Waals surface area contributed by atoms with E-state index in [0.717, 1.165) is 24.4 Å². The lowest BCUT2D eigenvalue weighted by molar-refractivity contribution is -0.118. The van der Waals surface area contributed by atoms with Crippen molar-refractivity contribution in [2.75, 3.05) is 19.6 Å². The van der Waals surface area contributed by atoms with Gasteiger partial charge >= 0.3 is 0 Å². The van der Waals surface area contributed by atoms with Crippen LogP contribution in [0, 0.1) is 23.3 Å². The van der Waals surface area contributed by atoms with E-state index in [0.29, 0.717) is 24.2 Å². The summed E-state index contributed by atoms with van der Waals surface area (Å²) in [6.07, 6.45) is 5.17. The zero-order valence-electron chi connectivity index (χ0n) is 23.9. The molecule has 2 aromatic carbocycles. The van der Waals surface area contributed by atoms with Crippen molar-refractivity contribution in [1.82, 2.24) is 24.4 Å². The van der Waals surface area contributed by atoms with E-state index in [4.69, 9.17) is 0 Å². The molecule has 3 heterocycles. The summed E-state index contributed by atoms with van der Waals surface area (Å²) in [4.78, 5) is 17.4. The van der Waals surface area contributed by atoms with Crippen molar-refractivity contribution in [2.45, 2.75) is 42.5 Å². The van der Waals surface area contributed by atoms with Crippen LogP contribution in [0.3, 0.4) is 0 Å². The van der Waals surface area contributed by atoms with Crippen molar-refractivity contribution in [3.05, 3.63) is 113 Å². The quantitative estimate of drug-likeness (QED) is 0.249. The van der Waals surface area contributed by atoms with Crippen LogP contribution in [0.2, 0.25) is 0 Å². The average molecular weight is 630 g/mol. The van der Waals surface area contributed by atoms with E-state index in [-0.39, 0.29) is 54.0 Å². The number of benzene rings is 2. The zero-order valence-corrected chi connectivity index (χ0v) is 24.7. The summed E-state index contributed by atoms with van der Waals surface area (Å²) in [5, 5.41) is 7.16. The number of nitrogens with zero attached hydrogens (tertiary/aromatic N) is 4. The maximum Gasteiger partial charge on any atom is 0.246 e. The fourth-order valence-electron chi connectivity index (χ4n) is 5.63. The van der Waals surface area contributed by atoms with Crippen molar-refractivity contribution < 1.29 is 30.8 Å². The van der Waals surface area contributed by atoms with Gasteiger partial charge in [0.05, 0.1) is 12.4 Å². The van der Waals surface area contributed by atoms with E-state index in [1.54, 1.807) is 7.05 Å². The number of Topliss-reactive ketones (excluding diaryl/α,β-unsaturated/α-hetero) is 1. The van der Waals surface area contributed by atoms with Crippen LogP contribution in [0.5, 0.6) is 0 Å². The number of sulfonamides is 1. The second-order valence-corrected chi connectivity index (χ2v) is 12.7. The van der Waals surface area contributed by atoms with E-state index < -0.39 is 45.3 Å². The van der Waals surface area contributed by atoms with Crippen LogP contribution in [0.1, 0.15) is 41.0 Å². The molecule has 0 unspecified atom stereocenters. The SMILES string of the molecule is Cn1cc(S(=O)(=O)N2CCNC[C@@H]2CCc2c(F)cncc2CC(=O)C[C@@H](c2ccc(F)cc2)c2cc(F)cc(F)c2)cn1. The third-order valence-corrected chi connectivity index (χ3v) is 9.69. The summed E-state index contributed by atoms with van der Waals surface area (Å²) in [6, 6.07) is 7.82. The molecule has 44 heavy (non-hydrogen) atoms. The minimum absolute atomic E-state index is 0.0714. The van der Waals surface area contributed by atoms with Crippen LogP contribution in [-0.4, -0.2) is 58.9 Å². The zero-order chi connectivity index (χ0) is 31.4. The van der Waals surface area contributed by atoms with Crippen LogP contribution < -0.4 is 5.32 Å². The van der Waals surface area contributed by atoms with Gasteiger partial charge in [0.25, 0.3) is 0 Å². The van der Waals surface area contributed by atoms with Gasteiger partial charge in [0.15, 0.2) is 0 Å². The number of carbonyl (C=O) groups is 1. The molecular formula is C31H31F4N5O3S. The Morgan fingerprint density at radius 3 is 2.41 bits per heavy atom. The van der Waals surface area contributed by atoms with Crippen molar-refractivity contribution in [1.29, 1.82) is 0 Å². The second-order valence-electron chi connectivity index (χ2n) is 10.8. The molecule has 1 N–H and O–H groups in total. The molecule has 5 rings (SSSR count). The molecule has 1 fully saturated rings. The second kappa shape index (κ2) is 13.4. The van der Waals surface area contributed by atoms with Gasteiger partial charge in [-0.2, -0.15) is 9.40 Å². The highest BCUT2D eigenvalue weighted by molar-refractivity contribution is 7.89. The molecule has 2 aromatic heterocycles. The van der Waals surface area contributed by atoms with Crippen LogP contribution in [-0.2, 0) is 34.7 Å². The van der Waals surface area contributed by atoms with Crippen LogP contribution >= 0.6 is 0 Å². The number of carbonyl (C=O) groups excluding carboxylic acids is 1. The molecule has 2 atom stereocenters. The Labute approximate surface area is 252 Å². The fourth-order valence-corrected chi connectivity index (χ4v) is 7.27. The third kappa shape index (κ3) is 7.22. The smallest absolute Gasteiger partial charge is 0.246 e. The minimum atomic E-state index is -3.84. The molecule has 0 amide bonds. The molecule has 13 heteroatoms. The number of pyridine rings is 1. The molecular weight excluding hydrogens is 598 g/mol. The first-order valence-electron chi connectivity index (χ1n) is 14.1. The standard InChI is InChI=1S/C31H31F4N5O3S/c1-39-19-28(17-38-39)44(42,43)40-9-8-36-16-26(40)6-7-29-22(15-37-18-31(29)35)12-27(41)14-30(20-2-4-23(32)5-3-20)21-10-24(33)13-25(34)11-21/h2-5,10-11,13,15,17-19,26,30,36H,6-9,12,14,16H2,1H3/t26-,30-/m0/s1. The number of rotatable bonds is 11. The molecule has 0 radical (unpaired) electrons. The van der Waals surface area contributed by atoms with Gasteiger partial charge in [-0.25, -0.2) is 26.0 Å². The minimum Gasteiger partial charge on any atom is -0.314 e. The number of piperazine rings is 1. The summed E-state index contributed by atoms with van der Waals surface area (Å²) >= 11 is 0.